The molecule has 1 fully saturated rings. The lowest BCUT2D eigenvalue weighted by molar-refractivity contribution is 0.174. The zero-order chi connectivity index (χ0) is 19.4. The van der Waals surface area contributed by atoms with Gasteiger partial charge in [-0.1, -0.05) is 6.07 Å². The van der Waals surface area contributed by atoms with Crippen molar-refractivity contribution in [3.05, 3.63) is 40.0 Å². The molecular weight excluding hydrogens is 384 g/mol. The fraction of sp³-hybridized carbons (Fsp3) is 0.455. The summed E-state index contributed by atoms with van der Waals surface area (Å²) < 4.78 is 10.9. The third kappa shape index (κ3) is 3.04. The van der Waals surface area contributed by atoms with Crippen molar-refractivity contribution in [3.8, 4) is 11.5 Å². The highest BCUT2D eigenvalue weighted by atomic mass is 32.1. The van der Waals surface area contributed by atoms with Crippen molar-refractivity contribution in [2.24, 2.45) is 0 Å². The average Bonchev–Trinajstić information content (AvgIpc) is 3.43. The lowest BCUT2D eigenvalue weighted by Crippen LogP contribution is -2.46. The Morgan fingerprint density at radius 1 is 1.03 bits per heavy atom. The Labute approximate surface area is 174 Å². The van der Waals surface area contributed by atoms with Crippen LogP contribution in [0.2, 0.25) is 0 Å². The first-order valence-electron chi connectivity index (χ1n) is 10.4. The van der Waals surface area contributed by atoms with Crippen LogP contribution in [0.5, 0.6) is 11.5 Å². The minimum Gasteiger partial charge on any atom is -0.454 e. The van der Waals surface area contributed by atoms with Gasteiger partial charge in [0.15, 0.2) is 11.5 Å². The smallest absolute Gasteiger partial charge is 0.231 e. The van der Waals surface area contributed by atoms with Gasteiger partial charge < -0.3 is 14.4 Å². The Balaban J connectivity index is 1.20. The Hall–Kier alpha value is -2.38. The monoisotopic (exact) mass is 408 g/mol. The van der Waals surface area contributed by atoms with Crippen molar-refractivity contribution >= 4 is 27.4 Å². The number of thiophene rings is 1. The summed E-state index contributed by atoms with van der Waals surface area (Å²) in [6.07, 6.45) is 3.66. The summed E-state index contributed by atoms with van der Waals surface area (Å²) in [5, 5.41) is 1.33. The van der Waals surface area contributed by atoms with Crippen molar-refractivity contribution in [1.82, 2.24) is 14.9 Å². The number of piperazine rings is 1. The van der Waals surface area contributed by atoms with Crippen LogP contribution in [-0.2, 0) is 19.4 Å². The van der Waals surface area contributed by atoms with Crippen LogP contribution in [0.3, 0.4) is 0 Å². The molecule has 2 aliphatic heterocycles. The number of nitrogens with zero attached hydrogens (tertiary/aromatic N) is 4. The Morgan fingerprint density at radius 3 is 2.79 bits per heavy atom. The Morgan fingerprint density at radius 2 is 1.90 bits per heavy atom. The molecule has 1 aromatic carbocycles. The molecule has 0 spiro atoms. The van der Waals surface area contributed by atoms with Crippen LogP contribution in [0.1, 0.15) is 28.2 Å². The van der Waals surface area contributed by atoms with Crippen molar-refractivity contribution in [3.63, 3.8) is 0 Å². The molecule has 6 rings (SSSR count). The van der Waals surface area contributed by atoms with Crippen LogP contribution in [-0.4, -0.2) is 47.8 Å². The molecule has 6 nitrogen and oxygen atoms in total. The molecule has 29 heavy (non-hydrogen) atoms. The summed E-state index contributed by atoms with van der Waals surface area (Å²) in [6.45, 7) is 7.36. The minimum absolute atomic E-state index is 0.330. The molecule has 1 aliphatic carbocycles. The van der Waals surface area contributed by atoms with E-state index in [2.05, 4.69) is 21.9 Å². The van der Waals surface area contributed by atoms with Crippen molar-refractivity contribution in [1.29, 1.82) is 0 Å². The van der Waals surface area contributed by atoms with Crippen LogP contribution in [0.4, 0.5) is 5.82 Å². The quantitative estimate of drug-likeness (QED) is 0.661. The van der Waals surface area contributed by atoms with E-state index < -0.39 is 0 Å². The number of aryl methyl sites for hydroxylation is 3. The number of anilines is 1. The Kier molecular flexibility index (Phi) is 4.13. The maximum absolute atomic E-state index is 5.52. The van der Waals surface area contributed by atoms with E-state index in [-0.39, 0.29) is 0 Å². The van der Waals surface area contributed by atoms with Crippen LogP contribution in [0.15, 0.2) is 18.2 Å². The summed E-state index contributed by atoms with van der Waals surface area (Å²) in [7, 11) is 0. The van der Waals surface area contributed by atoms with Gasteiger partial charge in [0.05, 0.1) is 5.39 Å². The molecule has 7 heteroatoms. The van der Waals surface area contributed by atoms with Gasteiger partial charge in [-0.05, 0) is 49.4 Å². The number of benzene rings is 1. The maximum Gasteiger partial charge on any atom is 0.231 e. The van der Waals surface area contributed by atoms with Crippen LogP contribution in [0.25, 0.3) is 10.2 Å². The number of ether oxygens (including phenoxy) is 2. The van der Waals surface area contributed by atoms with E-state index in [9.17, 15) is 0 Å². The molecule has 0 bridgehead atoms. The third-order valence-corrected chi connectivity index (χ3v) is 7.36. The van der Waals surface area contributed by atoms with Gasteiger partial charge in [-0.15, -0.1) is 11.3 Å². The summed E-state index contributed by atoms with van der Waals surface area (Å²) in [5.41, 5.74) is 2.79. The zero-order valence-electron chi connectivity index (χ0n) is 16.6. The molecule has 1 saturated heterocycles. The van der Waals surface area contributed by atoms with E-state index in [0.29, 0.717) is 6.79 Å². The third-order valence-electron chi connectivity index (χ3n) is 6.17. The second kappa shape index (κ2) is 6.85. The molecule has 0 unspecified atom stereocenters. The SMILES string of the molecule is Cc1nc(N2CCN(Cc3ccc4c(c3)OCO4)CC2)c2c3c(sc2n1)CCC3. The molecule has 0 amide bonds. The van der Waals surface area contributed by atoms with Gasteiger partial charge in [0.1, 0.15) is 16.5 Å². The van der Waals surface area contributed by atoms with Crippen LogP contribution < -0.4 is 14.4 Å². The Bertz CT molecular complexity index is 1090. The largest absolute Gasteiger partial charge is 0.454 e. The van der Waals surface area contributed by atoms with Gasteiger partial charge in [-0.25, -0.2) is 9.97 Å². The van der Waals surface area contributed by atoms with Gasteiger partial charge >= 0.3 is 0 Å². The van der Waals surface area contributed by atoms with Gasteiger partial charge in [0.25, 0.3) is 0 Å². The highest BCUT2D eigenvalue weighted by molar-refractivity contribution is 7.19. The number of hydrogen-bond acceptors (Lipinski definition) is 7. The molecule has 0 atom stereocenters. The second-order valence-corrected chi connectivity index (χ2v) is 9.17. The average molecular weight is 409 g/mol. The molecular formula is C22H24N4O2S. The van der Waals surface area contributed by atoms with Crippen LogP contribution >= 0.6 is 11.3 Å². The van der Waals surface area contributed by atoms with E-state index in [0.717, 1.165) is 55.9 Å². The fourth-order valence-electron chi connectivity index (χ4n) is 4.72. The fourth-order valence-corrected chi connectivity index (χ4v) is 6.03. The molecule has 0 radical (unpaired) electrons. The predicted molar refractivity (Wildman–Crippen MR) is 114 cm³/mol. The number of fused-ring (bicyclic) bond motifs is 4. The van der Waals surface area contributed by atoms with Crippen molar-refractivity contribution in [2.75, 3.05) is 37.9 Å². The molecule has 3 aromatic rings. The maximum atomic E-state index is 5.52. The van der Waals surface area contributed by atoms with Gasteiger partial charge in [0.2, 0.25) is 6.79 Å². The molecule has 3 aliphatic rings. The van der Waals surface area contributed by atoms with Gasteiger partial charge in [-0.2, -0.15) is 0 Å². The van der Waals surface area contributed by atoms with Crippen molar-refractivity contribution < 1.29 is 9.47 Å². The van der Waals surface area contributed by atoms with E-state index >= 15 is 0 Å². The highest BCUT2D eigenvalue weighted by Gasteiger charge is 2.26. The molecule has 2 aromatic heterocycles. The van der Waals surface area contributed by atoms with E-state index in [1.807, 2.05) is 24.3 Å². The lowest BCUT2D eigenvalue weighted by Gasteiger charge is -2.36. The first-order chi connectivity index (χ1) is 14.2. The van der Waals surface area contributed by atoms with Gasteiger partial charge in [-0.3, -0.25) is 4.90 Å². The van der Waals surface area contributed by atoms with Gasteiger partial charge in [0, 0.05) is 37.6 Å². The topological polar surface area (TPSA) is 50.7 Å². The van der Waals surface area contributed by atoms with E-state index in [1.165, 1.54) is 45.5 Å². The minimum atomic E-state index is 0.330. The van der Waals surface area contributed by atoms with Crippen LogP contribution in [0, 0.1) is 6.92 Å². The molecule has 4 heterocycles. The second-order valence-electron chi connectivity index (χ2n) is 8.08. The van der Waals surface area contributed by atoms with Crippen molar-refractivity contribution in [2.45, 2.75) is 32.7 Å². The summed E-state index contributed by atoms with van der Waals surface area (Å²) >= 11 is 1.88. The molecule has 0 saturated carbocycles. The highest BCUT2D eigenvalue weighted by Crippen LogP contribution is 2.40. The van der Waals surface area contributed by atoms with E-state index in [4.69, 9.17) is 19.4 Å². The molecule has 0 N–H and O–H groups in total. The lowest BCUT2D eigenvalue weighted by atomic mass is 10.1. The normalized spacial score (nSPS) is 18.6. The standard InChI is InChI=1S/C22H24N4O2S/c1-14-23-21(20-16-3-2-4-19(16)29-22(20)24-14)26-9-7-25(8-10-26)12-15-5-6-17-18(11-15)28-13-27-17/h5-6,11H,2-4,7-10,12-13H2,1H3. The first-order valence-corrected chi connectivity index (χ1v) is 11.2. The number of aromatic nitrogens is 2. The summed E-state index contributed by atoms with van der Waals surface area (Å²) in [6, 6.07) is 6.28. The van der Waals surface area contributed by atoms with E-state index in [1.54, 1.807) is 0 Å². The summed E-state index contributed by atoms with van der Waals surface area (Å²) in [4.78, 5) is 17.3. The predicted octanol–water partition coefficient (Wildman–Crippen LogP) is 3.54. The molecule has 150 valence electrons. The number of hydrogen-bond donors (Lipinski definition) is 0. The summed E-state index contributed by atoms with van der Waals surface area (Å²) in [5.74, 6) is 3.76. The first kappa shape index (κ1) is 17.5. The zero-order valence-corrected chi connectivity index (χ0v) is 17.4. The number of rotatable bonds is 3.